The number of halogens is 3. The number of hydrogen-bond acceptors (Lipinski definition) is 3. The predicted molar refractivity (Wildman–Crippen MR) is 96.3 cm³/mol. The Hall–Kier alpha value is -3.68. The zero-order valence-electron chi connectivity index (χ0n) is 14.2. The van der Waals surface area contributed by atoms with Crippen molar-refractivity contribution in [3.05, 3.63) is 78.4 Å². The molecule has 140 valence electrons. The maximum Gasteiger partial charge on any atom is 0.416 e. The number of carboxylic acid groups (broad SMARTS) is 1. The SMILES string of the molecule is O=C(O)c1cccc(-c2cc(-n3ccnc3)c3ccc(C(F)(F)F)cc3n2)c1. The molecule has 4 rings (SSSR count). The van der Waals surface area contributed by atoms with E-state index in [0.29, 0.717) is 22.3 Å². The zero-order chi connectivity index (χ0) is 19.9. The molecule has 0 atom stereocenters. The first-order chi connectivity index (χ1) is 13.3. The van der Waals surface area contributed by atoms with Gasteiger partial charge in [0.15, 0.2) is 0 Å². The van der Waals surface area contributed by atoms with Crippen LogP contribution < -0.4 is 0 Å². The number of aromatic carboxylic acids is 1. The summed E-state index contributed by atoms with van der Waals surface area (Å²) in [5.74, 6) is -1.10. The molecule has 0 aliphatic rings. The van der Waals surface area contributed by atoms with Crippen molar-refractivity contribution >= 4 is 16.9 Å². The monoisotopic (exact) mass is 383 g/mol. The van der Waals surface area contributed by atoms with Gasteiger partial charge in [-0.15, -0.1) is 0 Å². The van der Waals surface area contributed by atoms with Gasteiger partial charge in [-0.1, -0.05) is 18.2 Å². The lowest BCUT2D eigenvalue weighted by molar-refractivity contribution is -0.137. The number of rotatable bonds is 3. The average molecular weight is 383 g/mol. The summed E-state index contributed by atoms with van der Waals surface area (Å²) in [5, 5.41) is 9.72. The normalized spacial score (nSPS) is 11.7. The van der Waals surface area contributed by atoms with E-state index in [4.69, 9.17) is 0 Å². The highest BCUT2D eigenvalue weighted by Gasteiger charge is 2.30. The summed E-state index contributed by atoms with van der Waals surface area (Å²) in [5.41, 5.74) is 0.844. The van der Waals surface area contributed by atoms with Gasteiger partial charge in [0.05, 0.1) is 34.4 Å². The van der Waals surface area contributed by atoms with E-state index < -0.39 is 17.7 Å². The summed E-state index contributed by atoms with van der Waals surface area (Å²) in [4.78, 5) is 19.6. The third-order valence-electron chi connectivity index (χ3n) is 4.30. The molecule has 2 aromatic carbocycles. The fourth-order valence-electron chi connectivity index (χ4n) is 2.96. The number of nitrogens with zero attached hydrogens (tertiary/aromatic N) is 3. The Morgan fingerprint density at radius 1 is 1.07 bits per heavy atom. The predicted octanol–water partition coefficient (Wildman–Crippen LogP) is 4.80. The molecule has 0 radical (unpaired) electrons. The molecule has 4 aromatic rings. The molecule has 0 saturated carbocycles. The Morgan fingerprint density at radius 3 is 2.57 bits per heavy atom. The third-order valence-corrected chi connectivity index (χ3v) is 4.30. The highest BCUT2D eigenvalue weighted by atomic mass is 19.4. The van der Waals surface area contributed by atoms with E-state index in [1.807, 2.05) is 0 Å². The van der Waals surface area contributed by atoms with Crippen LogP contribution in [0.25, 0.3) is 27.8 Å². The van der Waals surface area contributed by atoms with E-state index in [0.717, 1.165) is 12.1 Å². The largest absolute Gasteiger partial charge is 0.478 e. The van der Waals surface area contributed by atoms with E-state index >= 15 is 0 Å². The fraction of sp³-hybridized carbons (Fsp3) is 0.0500. The highest BCUT2D eigenvalue weighted by molar-refractivity contribution is 5.92. The van der Waals surface area contributed by atoms with Crippen molar-refractivity contribution in [2.45, 2.75) is 6.18 Å². The summed E-state index contributed by atoms with van der Waals surface area (Å²) in [7, 11) is 0. The van der Waals surface area contributed by atoms with Gasteiger partial charge in [0.2, 0.25) is 0 Å². The molecule has 28 heavy (non-hydrogen) atoms. The van der Waals surface area contributed by atoms with Crippen LogP contribution >= 0.6 is 0 Å². The first kappa shape index (κ1) is 17.7. The van der Waals surface area contributed by atoms with Crippen LogP contribution in [0.4, 0.5) is 13.2 Å². The lowest BCUT2D eigenvalue weighted by Crippen LogP contribution is -2.05. The number of hydrogen-bond donors (Lipinski definition) is 1. The molecule has 0 fully saturated rings. The molecular formula is C20H12F3N3O2. The number of carboxylic acids is 1. The maximum absolute atomic E-state index is 13.1. The minimum atomic E-state index is -4.50. The molecule has 0 amide bonds. The molecule has 2 aromatic heterocycles. The quantitative estimate of drug-likeness (QED) is 0.552. The molecule has 8 heteroatoms. The first-order valence-corrected chi connectivity index (χ1v) is 8.17. The number of alkyl halides is 3. The lowest BCUT2D eigenvalue weighted by Gasteiger charge is -2.13. The molecule has 5 nitrogen and oxygen atoms in total. The topological polar surface area (TPSA) is 68.0 Å². The van der Waals surface area contributed by atoms with Crippen LogP contribution in [0.2, 0.25) is 0 Å². The molecule has 1 N–H and O–H groups in total. The van der Waals surface area contributed by atoms with Crippen molar-refractivity contribution in [2.24, 2.45) is 0 Å². The minimum absolute atomic E-state index is 0.0626. The number of carbonyl (C=O) groups is 1. The molecule has 0 unspecified atom stereocenters. The van der Waals surface area contributed by atoms with Gasteiger partial charge in [-0.25, -0.2) is 14.8 Å². The van der Waals surface area contributed by atoms with Gasteiger partial charge in [-0.3, -0.25) is 0 Å². The molecule has 2 heterocycles. The van der Waals surface area contributed by atoms with Crippen molar-refractivity contribution in [2.75, 3.05) is 0 Å². The second kappa shape index (κ2) is 6.49. The molecule has 0 saturated heterocycles. The summed E-state index contributed by atoms with van der Waals surface area (Å²) < 4.78 is 41.1. The first-order valence-electron chi connectivity index (χ1n) is 8.17. The van der Waals surface area contributed by atoms with E-state index in [1.54, 1.807) is 35.2 Å². The van der Waals surface area contributed by atoms with Crippen LogP contribution in [0.5, 0.6) is 0 Å². The number of aromatic nitrogens is 3. The van der Waals surface area contributed by atoms with Crippen LogP contribution in [0.3, 0.4) is 0 Å². The van der Waals surface area contributed by atoms with Crippen molar-refractivity contribution < 1.29 is 23.1 Å². The highest BCUT2D eigenvalue weighted by Crippen LogP contribution is 2.34. The number of fused-ring (bicyclic) bond motifs is 1. The van der Waals surface area contributed by atoms with Crippen LogP contribution in [0, 0.1) is 0 Å². The van der Waals surface area contributed by atoms with Crippen LogP contribution in [0.1, 0.15) is 15.9 Å². The van der Waals surface area contributed by atoms with Crippen molar-refractivity contribution in [3.8, 4) is 16.9 Å². The van der Waals surface area contributed by atoms with E-state index in [2.05, 4.69) is 9.97 Å². The standard InChI is InChI=1S/C20H12F3N3O2/c21-20(22,23)14-4-5-15-17(9-14)25-16(10-18(15)26-7-6-24-11-26)12-2-1-3-13(8-12)19(27)28/h1-11H,(H,27,28). The van der Waals surface area contributed by atoms with Crippen molar-refractivity contribution in [1.29, 1.82) is 0 Å². The van der Waals surface area contributed by atoms with Gasteiger partial charge >= 0.3 is 12.1 Å². The van der Waals surface area contributed by atoms with E-state index in [-0.39, 0.29) is 11.1 Å². The summed E-state index contributed by atoms with van der Waals surface area (Å²) in [6.45, 7) is 0. The molecule has 0 aliphatic heterocycles. The van der Waals surface area contributed by atoms with Crippen molar-refractivity contribution in [3.63, 3.8) is 0 Å². The minimum Gasteiger partial charge on any atom is -0.478 e. The second-order valence-corrected chi connectivity index (χ2v) is 6.11. The van der Waals surface area contributed by atoms with Gasteiger partial charge in [-0.2, -0.15) is 13.2 Å². The average Bonchev–Trinajstić information content (AvgIpc) is 3.20. The maximum atomic E-state index is 13.1. The summed E-state index contributed by atoms with van der Waals surface area (Å²) >= 11 is 0. The van der Waals surface area contributed by atoms with Gasteiger partial charge in [-0.05, 0) is 30.3 Å². The van der Waals surface area contributed by atoms with Gasteiger partial charge < -0.3 is 9.67 Å². The Labute approximate surface area is 156 Å². The Morgan fingerprint density at radius 2 is 1.89 bits per heavy atom. The molecular weight excluding hydrogens is 371 g/mol. The van der Waals surface area contributed by atoms with E-state index in [9.17, 15) is 23.1 Å². The molecule has 0 aliphatic carbocycles. The number of benzene rings is 2. The second-order valence-electron chi connectivity index (χ2n) is 6.11. The van der Waals surface area contributed by atoms with Gasteiger partial charge in [0.25, 0.3) is 0 Å². The van der Waals surface area contributed by atoms with Crippen LogP contribution in [-0.2, 0) is 6.18 Å². The fourth-order valence-corrected chi connectivity index (χ4v) is 2.96. The van der Waals surface area contributed by atoms with Crippen LogP contribution in [-0.4, -0.2) is 25.6 Å². The Kier molecular flexibility index (Phi) is 4.11. The van der Waals surface area contributed by atoms with Gasteiger partial charge in [0, 0.05) is 23.3 Å². The van der Waals surface area contributed by atoms with E-state index in [1.165, 1.54) is 24.5 Å². The number of pyridine rings is 1. The number of imidazole rings is 1. The zero-order valence-corrected chi connectivity index (χ0v) is 14.2. The van der Waals surface area contributed by atoms with Gasteiger partial charge in [0.1, 0.15) is 0 Å². The summed E-state index contributed by atoms with van der Waals surface area (Å²) in [6.07, 6.45) is 0.263. The Balaban J connectivity index is 1.99. The van der Waals surface area contributed by atoms with Crippen molar-refractivity contribution in [1.82, 2.24) is 14.5 Å². The summed E-state index contributed by atoms with van der Waals surface area (Å²) in [6, 6.07) is 11.2. The van der Waals surface area contributed by atoms with Crippen LogP contribution in [0.15, 0.2) is 67.3 Å². The third kappa shape index (κ3) is 3.20. The molecule has 0 bridgehead atoms. The smallest absolute Gasteiger partial charge is 0.416 e. The Bertz CT molecular complexity index is 1190. The molecule has 0 spiro atoms. The lowest BCUT2D eigenvalue weighted by atomic mass is 10.0.